The first kappa shape index (κ1) is 15.6. The summed E-state index contributed by atoms with van der Waals surface area (Å²) in [7, 11) is 0. The van der Waals surface area contributed by atoms with Crippen molar-refractivity contribution < 1.29 is 14.7 Å². The molecule has 0 aliphatic rings. The highest BCUT2D eigenvalue weighted by Crippen LogP contribution is 2.25. The second kappa shape index (κ2) is 6.78. The first-order chi connectivity index (χ1) is 9.95. The van der Waals surface area contributed by atoms with Crippen molar-refractivity contribution in [2.24, 2.45) is 0 Å². The van der Waals surface area contributed by atoms with Crippen LogP contribution in [0, 0.1) is 13.8 Å². The topological polar surface area (TPSA) is 66.4 Å². The molecule has 0 aliphatic carbocycles. The van der Waals surface area contributed by atoms with Crippen LogP contribution in [0.2, 0.25) is 0 Å². The number of hydrogen-bond acceptors (Lipinski definition) is 4. The molecule has 0 bridgehead atoms. The van der Waals surface area contributed by atoms with E-state index in [9.17, 15) is 9.59 Å². The van der Waals surface area contributed by atoms with Gasteiger partial charge in [0.05, 0.1) is 5.75 Å². The zero-order valence-electron chi connectivity index (χ0n) is 11.7. The summed E-state index contributed by atoms with van der Waals surface area (Å²) < 4.78 is 0. The van der Waals surface area contributed by atoms with E-state index >= 15 is 0 Å². The van der Waals surface area contributed by atoms with E-state index in [1.165, 1.54) is 23.1 Å². The standard InChI is InChI=1S/C15H15NO3S2/c1-9-3-4-10(2)12(5-9)16-14(17)8-20-11-6-13(15(18)19)21-7-11/h3-7H,8H2,1-2H3,(H,16,17)(H,18,19). The molecule has 1 heterocycles. The van der Waals surface area contributed by atoms with Crippen LogP contribution in [0.4, 0.5) is 5.69 Å². The van der Waals surface area contributed by atoms with Gasteiger partial charge in [0.2, 0.25) is 5.91 Å². The summed E-state index contributed by atoms with van der Waals surface area (Å²) in [5, 5.41) is 13.5. The van der Waals surface area contributed by atoms with Crippen LogP contribution >= 0.6 is 23.1 Å². The smallest absolute Gasteiger partial charge is 0.345 e. The lowest BCUT2D eigenvalue weighted by Crippen LogP contribution is -2.14. The molecule has 6 heteroatoms. The van der Waals surface area contributed by atoms with E-state index in [0.717, 1.165) is 21.7 Å². The van der Waals surface area contributed by atoms with Crippen molar-refractivity contribution in [2.45, 2.75) is 18.7 Å². The Bertz CT molecular complexity index is 679. The van der Waals surface area contributed by atoms with Gasteiger partial charge in [-0.05, 0) is 37.1 Å². The van der Waals surface area contributed by atoms with Crippen LogP contribution in [0.1, 0.15) is 20.8 Å². The minimum absolute atomic E-state index is 0.100. The van der Waals surface area contributed by atoms with Crippen molar-refractivity contribution in [1.82, 2.24) is 0 Å². The minimum atomic E-state index is -0.938. The van der Waals surface area contributed by atoms with Crippen LogP contribution in [-0.4, -0.2) is 22.7 Å². The summed E-state index contributed by atoms with van der Waals surface area (Å²) in [5.41, 5.74) is 2.92. The molecular weight excluding hydrogens is 306 g/mol. The van der Waals surface area contributed by atoms with Gasteiger partial charge in [-0.2, -0.15) is 0 Å². The number of carboxylic acids is 1. The van der Waals surface area contributed by atoms with Crippen LogP contribution in [0.15, 0.2) is 34.5 Å². The van der Waals surface area contributed by atoms with E-state index in [4.69, 9.17) is 5.11 Å². The molecule has 0 radical (unpaired) electrons. The zero-order chi connectivity index (χ0) is 15.4. The van der Waals surface area contributed by atoms with E-state index < -0.39 is 5.97 Å². The molecule has 1 aromatic carbocycles. The Kier molecular flexibility index (Phi) is 5.03. The summed E-state index contributed by atoms with van der Waals surface area (Å²) >= 11 is 2.50. The Morgan fingerprint density at radius 3 is 2.71 bits per heavy atom. The second-order valence-corrected chi connectivity index (χ2v) is 6.57. The van der Waals surface area contributed by atoms with E-state index in [1.807, 2.05) is 32.0 Å². The molecule has 0 atom stereocenters. The number of carbonyl (C=O) groups excluding carboxylic acids is 1. The van der Waals surface area contributed by atoms with Gasteiger partial charge < -0.3 is 10.4 Å². The van der Waals surface area contributed by atoms with Crippen molar-refractivity contribution in [3.8, 4) is 0 Å². The molecule has 110 valence electrons. The quantitative estimate of drug-likeness (QED) is 0.822. The number of aryl methyl sites for hydroxylation is 2. The number of nitrogens with one attached hydrogen (secondary N) is 1. The Morgan fingerprint density at radius 1 is 1.29 bits per heavy atom. The molecule has 0 fully saturated rings. The summed E-state index contributed by atoms with van der Waals surface area (Å²) in [6.07, 6.45) is 0. The number of carbonyl (C=O) groups is 2. The highest BCUT2D eigenvalue weighted by molar-refractivity contribution is 8.00. The first-order valence-electron chi connectivity index (χ1n) is 6.27. The molecule has 0 unspecified atom stereocenters. The van der Waals surface area contributed by atoms with Gasteiger partial charge in [0.1, 0.15) is 4.88 Å². The number of anilines is 1. The Hall–Kier alpha value is -1.79. The number of benzene rings is 1. The van der Waals surface area contributed by atoms with Crippen molar-refractivity contribution in [3.63, 3.8) is 0 Å². The van der Waals surface area contributed by atoms with E-state index in [2.05, 4.69) is 5.32 Å². The largest absolute Gasteiger partial charge is 0.477 e. The monoisotopic (exact) mass is 321 g/mol. The predicted molar refractivity (Wildman–Crippen MR) is 86.5 cm³/mol. The average molecular weight is 321 g/mol. The van der Waals surface area contributed by atoms with E-state index in [-0.39, 0.29) is 16.5 Å². The minimum Gasteiger partial charge on any atom is -0.477 e. The summed E-state index contributed by atoms with van der Waals surface area (Å²) in [6.45, 7) is 3.92. The van der Waals surface area contributed by atoms with Crippen LogP contribution in [0.25, 0.3) is 0 Å². The summed E-state index contributed by atoms with van der Waals surface area (Å²) in [5.74, 6) is -0.785. The normalized spacial score (nSPS) is 10.4. The predicted octanol–water partition coefficient (Wildman–Crippen LogP) is 3.79. The maximum atomic E-state index is 11.9. The molecule has 2 rings (SSSR count). The lowest BCUT2D eigenvalue weighted by molar-refractivity contribution is -0.113. The Balaban J connectivity index is 1.92. The van der Waals surface area contributed by atoms with Crippen molar-refractivity contribution in [3.05, 3.63) is 45.6 Å². The van der Waals surface area contributed by atoms with E-state index in [1.54, 1.807) is 11.4 Å². The average Bonchev–Trinajstić information content (AvgIpc) is 2.90. The SMILES string of the molecule is Cc1ccc(C)c(NC(=O)CSc2csc(C(=O)O)c2)c1. The Labute approximate surface area is 131 Å². The van der Waals surface area contributed by atoms with Gasteiger partial charge in [0.15, 0.2) is 0 Å². The lowest BCUT2D eigenvalue weighted by Gasteiger charge is -2.08. The van der Waals surface area contributed by atoms with Gasteiger partial charge in [0.25, 0.3) is 0 Å². The molecule has 0 saturated heterocycles. The van der Waals surface area contributed by atoms with Gasteiger partial charge >= 0.3 is 5.97 Å². The van der Waals surface area contributed by atoms with Gasteiger partial charge in [-0.1, -0.05) is 12.1 Å². The summed E-state index contributed by atoms with van der Waals surface area (Å²) in [4.78, 5) is 23.8. The maximum Gasteiger partial charge on any atom is 0.345 e. The van der Waals surface area contributed by atoms with E-state index in [0.29, 0.717) is 0 Å². The van der Waals surface area contributed by atoms with Gasteiger partial charge in [-0.25, -0.2) is 4.79 Å². The lowest BCUT2D eigenvalue weighted by atomic mass is 10.1. The molecule has 1 amide bonds. The molecule has 21 heavy (non-hydrogen) atoms. The third-order valence-corrected chi connectivity index (χ3v) is 4.87. The van der Waals surface area contributed by atoms with Crippen LogP contribution in [0.5, 0.6) is 0 Å². The fraction of sp³-hybridized carbons (Fsp3) is 0.200. The van der Waals surface area contributed by atoms with Crippen LogP contribution in [0.3, 0.4) is 0 Å². The zero-order valence-corrected chi connectivity index (χ0v) is 13.3. The molecule has 1 aromatic heterocycles. The third kappa shape index (κ3) is 4.34. The number of hydrogen-bond donors (Lipinski definition) is 2. The molecule has 2 aromatic rings. The number of aromatic carboxylic acids is 1. The highest BCUT2D eigenvalue weighted by Gasteiger charge is 2.10. The number of rotatable bonds is 5. The van der Waals surface area contributed by atoms with Crippen LogP contribution in [-0.2, 0) is 4.79 Å². The van der Waals surface area contributed by atoms with Gasteiger partial charge in [-0.3, -0.25) is 4.79 Å². The number of carboxylic acid groups (broad SMARTS) is 1. The third-order valence-electron chi connectivity index (χ3n) is 2.82. The van der Waals surface area contributed by atoms with Crippen molar-refractivity contribution in [2.75, 3.05) is 11.1 Å². The second-order valence-electron chi connectivity index (χ2n) is 4.61. The molecule has 2 N–H and O–H groups in total. The summed E-state index contributed by atoms with van der Waals surface area (Å²) in [6, 6.07) is 7.49. The molecule has 0 spiro atoms. The molecular formula is C15H15NO3S2. The van der Waals surface area contributed by atoms with Crippen molar-refractivity contribution >= 4 is 40.7 Å². The number of thiophene rings is 1. The maximum absolute atomic E-state index is 11.9. The fourth-order valence-electron chi connectivity index (χ4n) is 1.71. The highest BCUT2D eigenvalue weighted by atomic mass is 32.2. The van der Waals surface area contributed by atoms with Crippen LogP contribution < -0.4 is 5.32 Å². The molecule has 0 saturated carbocycles. The molecule has 4 nitrogen and oxygen atoms in total. The van der Waals surface area contributed by atoms with Crippen molar-refractivity contribution in [1.29, 1.82) is 0 Å². The van der Waals surface area contributed by atoms with Gasteiger partial charge in [-0.15, -0.1) is 23.1 Å². The van der Waals surface area contributed by atoms with Gasteiger partial charge in [0, 0.05) is 16.0 Å². The first-order valence-corrected chi connectivity index (χ1v) is 8.14. The molecule has 0 aliphatic heterocycles. The number of thioether (sulfide) groups is 1. The Morgan fingerprint density at radius 2 is 2.05 bits per heavy atom. The number of amides is 1. The fourth-order valence-corrected chi connectivity index (χ4v) is 3.38.